The fourth-order valence-corrected chi connectivity index (χ4v) is 1.42. The van der Waals surface area contributed by atoms with Gasteiger partial charge in [0.05, 0.1) is 6.61 Å². The van der Waals surface area contributed by atoms with Crippen LogP contribution in [0.1, 0.15) is 26.2 Å². The van der Waals surface area contributed by atoms with Crippen LogP contribution in [0.4, 0.5) is 4.53 Å². The van der Waals surface area contributed by atoms with Crippen molar-refractivity contribution in [1.82, 2.24) is 0 Å². The lowest BCUT2D eigenvalue weighted by Crippen LogP contribution is -1.93. The van der Waals surface area contributed by atoms with Crippen LogP contribution in [0.2, 0.25) is 0 Å². The molecule has 4 nitrogen and oxygen atoms in total. The zero-order valence-corrected chi connectivity index (χ0v) is 9.14. The van der Waals surface area contributed by atoms with E-state index in [2.05, 4.69) is 29.1 Å². The molecule has 0 N–H and O–H groups in total. The molecule has 74 valence electrons. The Morgan fingerprint density at radius 3 is 2.58 bits per heavy atom. The first-order chi connectivity index (χ1) is 5.68. The van der Waals surface area contributed by atoms with Crippen LogP contribution in [0.5, 0.6) is 0 Å². The van der Waals surface area contributed by atoms with Crippen LogP contribution in [-0.4, -0.2) is 6.61 Å². The predicted octanol–water partition coefficient (Wildman–Crippen LogP) is 3.53. The van der Waals surface area contributed by atoms with Crippen molar-refractivity contribution >= 4 is 24.1 Å². The summed E-state index contributed by atoms with van der Waals surface area (Å²) in [5.74, 6) is 0. The molecule has 0 radical (unpaired) electrons. The molecule has 0 fully saturated rings. The summed E-state index contributed by atoms with van der Waals surface area (Å²) in [6, 6.07) is 0. The van der Waals surface area contributed by atoms with Crippen molar-refractivity contribution in [2.45, 2.75) is 26.2 Å². The third kappa shape index (κ3) is 5.22. The van der Waals surface area contributed by atoms with Gasteiger partial charge in [-0.15, -0.1) is 0 Å². The molecule has 0 bridgehead atoms. The van der Waals surface area contributed by atoms with Crippen LogP contribution in [0, 0.1) is 0 Å². The molecule has 0 saturated heterocycles. The minimum absolute atomic E-state index is 0.153. The van der Waals surface area contributed by atoms with Gasteiger partial charge in [-0.05, 0) is 10.9 Å². The summed E-state index contributed by atoms with van der Waals surface area (Å²) < 4.78 is 33.9. The van der Waals surface area contributed by atoms with E-state index in [1.165, 1.54) is 0 Å². The maximum atomic E-state index is 11.5. The van der Waals surface area contributed by atoms with Crippen molar-refractivity contribution in [3.63, 3.8) is 0 Å². The van der Waals surface area contributed by atoms with Crippen molar-refractivity contribution in [2.24, 2.45) is 0 Å². The Hall–Kier alpha value is 0.520. The maximum Gasteiger partial charge on any atom is 0.517 e. The molecule has 0 aromatic carbocycles. The zero-order valence-electron chi connectivity index (χ0n) is 6.66. The van der Waals surface area contributed by atoms with Gasteiger partial charge >= 0.3 is 7.82 Å². The number of phosphoric acid groups is 1. The van der Waals surface area contributed by atoms with Crippen LogP contribution in [-0.2, 0) is 17.4 Å². The first kappa shape index (κ1) is 12.5. The van der Waals surface area contributed by atoms with Gasteiger partial charge in [-0.25, -0.2) is 8.18 Å². The van der Waals surface area contributed by atoms with E-state index in [-0.39, 0.29) is 6.61 Å². The van der Waals surface area contributed by atoms with Crippen molar-refractivity contribution in [1.29, 1.82) is 0 Å². The van der Waals surface area contributed by atoms with Gasteiger partial charge in [0.15, 0.2) is 0 Å². The van der Waals surface area contributed by atoms with Gasteiger partial charge in [0.1, 0.15) is 16.3 Å². The summed E-state index contributed by atoms with van der Waals surface area (Å²) in [5, 5.41) is 0. The van der Waals surface area contributed by atoms with E-state index < -0.39 is 7.82 Å². The van der Waals surface area contributed by atoms with E-state index in [9.17, 15) is 9.09 Å². The van der Waals surface area contributed by atoms with Gasteiger partial charge in [0.2, 0.25) is 0 Å². The Morgan fingerprint density at radius 2 is 2.17 bits per heavy atom. The molecule has 7 heteroatoms. The summed E-state index contributed by atoms with van der Waals surface area (Å²) in [5.41, 5.74) is 0. The van der Waals surface area contributed by atoms with Gasteiger partial charge in [0, 0.05) is 0 Å². The van der Waals surface area contributed by atoms with Crippen molar-refractivity contribution < 1.29 is 22.0 Å². The fourth-order valence-electron chi connectivity index (χ4n) is 0.579. The van der Waals surface area contributed by atoms with Crippen LogP contribution >= 0.6 is 24.1 Å². The molecular formula is C5H11BrFO4P. The van der Waals surface area contributed by atoms with Crippen LogP contribution < -0.4 is 0 Å². The monoisotopic (exact) mass is 264 g/mol. The van der Waals surface area contributed by atoms with E-state index in [4.69, 9.17) is 0 Å². The Kier molecular flexibility index (Phi) is 7.28. The van der Waals surface area contributed by atoms with Crippen LogP contribution in [0.15, 0.2) is 0 Å². The van der Waals surface area contributed by atoms with Gasteiger partial charge in [-0.1, -0.05) is 24.5 Å². The molecule has 0 aliphatic carbocycles. The molecule has 0 heterocycles. The highest BCUT2D eigenvalue weighted by atomic mass is 79.9. The molecule has 0 aromatic heterocycles. The average molecular weight is 265 g/mol. The minimum Gasteiger partial charge on any atom is -0.285 e. The van der Waals surface area contributed by atoms with Gasteiger partial charge in [-0.3, -0.25) is 4.52 Å². The van der Waals surface area contributed by atoms with E-state index in [1.54, 1.807) is 0 Å². The summed E-state index contributed by atoms with van der Waals surface area (Å²) >= 11 is 2.35. The molecule has 0 saturated carbocycles. The standard InChI is InChI=1S/C5H11BrFO4P/c1-2-3-4-5-9-12(8,10-6)11-7/h2-5H2,1H3. The highest BCUT2D eigenvalue weighted by molar-refractivity contribution is 9.06. The molecule has 1 atom stereocenters. The van der Waals surface area contributed by atoms with E-state index in [0.29, 0.717) is 6.42 Å². The molecule has 12 heavy (non-hydrogen) atoms. The van der Waals surface area contributed by atoms with Crippen molar-refractivity contribution in [2.75, 3.05) is 6.61 Å². The number of rotatable bonds is 7. The molecule has 0 rings (SSSR count). The van der Waals surface area contributed by atoms with E-state index in [1.807, 2.05) is 6.92 Å². The van der Waals surface area contributed by atoms with E-state index in [0.717, 1.165) is 12.8 Å². The molecule has 0 amide bonds. The van der Waals surface area contributed by atoms with Gasteiger partial charge in [-0.2, -0.15) is 0 Å². The topological polar surface area (TPSA) is 44.8 Å². The fraction of sp³-hybridized carbons (Fsp3) is 1.00. The Balaban J connectivity index is 3.52. The summed E-state index contributed by atoms with van der Waals surface area (Å²) in [6.07, 6.45) is 2.62. The second-order valence-electron chi connectivity index (χ2n) is 2.13. The normalized spacial score (nSPS) is 15.9. The number of halogens is 2. The molecule has 0 spiro atoms. The SMILES string of the molecule is CCCCCOP(=O)(OF)OBr. The van der Waals surface area contributed by atoms with Gasteiger partial charge in [0.25, 0.3) is 0 Å². The molecular weight excluding hydrogens is 254 g/mol. The van der Waals surface area contributed by atoms with Crippen molar-refractivity contribution in [3.8, 4) is 0 Å². The summed E-state index contributed by atoms with van der Waals surface area (Å²) in [6.45, 7) is 2.16. The Labute approximate surface area is 79.3 Å². The zero-order chi connectivity index (χ0) is 9.45. The lowest BCUT2D eigenvalue weighted by Gasteiger charge is -2.07. The number of hydrogen-bond acceptors (Lipinski definition) is 4. The highest BCUT2D eigenvalue weighted by Gasteiger charge is 2.26. The van der Waals surface area contributed by atoms with Gasteiger partial charge < -0.3 is 0 Å². The average Bonchev–Trinajstić information content (AvgIpc) is 2.12. The third-order valence-corrected chi connectivity index (χ3v) is 3.07. The molecule has 1 unspecified atom stereocenters. The van der Waals surface area contributed by atoms with Crippen LogP contribution in [0.3, 0.4) is 0 Å². The predicted molar refractivity (Wildman–Crippen MR) is 45.3 cm³/mol. The molecule has 0 aromatic rings. The lowest BCUT2D eigenvalue weighted by atomic mass is 10.3. The van der Waals surface area contributed by atoms with Crippen molar-refractivity contribution in [3.05, 3.63) is 0 Å². The first-order valence-electron chi connectivity index (χ1n) is 3.53. The highest BCUT2D eigenvalue weighted by Crippen LogP contribution is 2.51. The molecule has 0 aliphatic rings. The largest absolute Gasteiger partial charge is 0.517 e. The quantitative estimate of drug-likeness (QED) is 0.521. The van der Waals surface area contributed by atoms with E-state index >= 15 is 0 Å². The Bertz CT molecular complexity index is 148. The van der Waals surface area contributed by atoms with Crippen LogP contribution in [0.25, 0.3) is 0 Å². The second kappa shape index (κ2) is 6.97. The maximum absolute atomic E-state index is 11.5. The lowest BCUT2D eigenvalue weighted by molar-refractivity contribution is -0.0425. The minimum atomic E-state index is -3.97. The number of unbranched alkanes of at least 4 members (excludes halogenated alkanes) is 2. The summed E-state index contributed by atoms with van der Waals surface area (Å²) in [7, 11) is -3.97. The molecule has 0 aliphatic heterocycles. The third-order valence-electron chi connectivity index (χ3n) is 1.17. The first-order valence-corrected chi connectivity index (χ1v) is 5.64. The smallest absolute Gasteiger partial charge is 0.285 e. The number of hydrogen-bond donors (Lipinski definition) is 0. The Morgan fingerprint density at radius 1 is 1.50 bits per heavy atom. The second-order valence-corrected chi connectivity index (χ2v) is 4.42. The summed E-state index contributed by atoms with van der Waals surface area (Å²) in [4.78, 5) is 0.